The molecule has 0 amide bonds. The molecule has 2 aromatic heterocycles. The first-order valence-electron chi connectivity index (χ1n) is 3.85. The quantitative estimate of drug-likeness (QED) is 0.839. The fraction of sp³-hybridized carbons (Fsp3) is 0.143. The predicted molar refractivity (Wildman–Crippen MR) is 49.0 cm³/mol. The molecule has 0 unspecified atom stereocenters. The maximum atomic E-state index is 12.2. The van der Waals surface area contributed by atoms with Gasteiger partial charge in [0.05, 0.1) is 0 Å². The highest BCUT2D eigenvalue weighted by Gasteiger charge is 2.33. The summed E-state index contributed by atoms with van der Waals surface area (Å²) in [5, 5.41) is 10.2. The maximum absolute atomic E-state index is 12.2. The van der Waals surface area contributed by atoms with E-state index in [0.29, 0.717) is 5.13 Å². The molecular weight excluding hydrogens is 229 g/mol. The van der Waals surface area contributed by atoms with Gasteiger partial charge in [-0.15, -0.1) is 11.3 Å². The average molecular weight is 234 g/mol. The van der Waals surface area contributed by atoms with Crippen molar-refractivity contribution >= 4 is 22.3 Å². The van der Waals surface area contributed by atoms with Gasteiger partial charge in [-0.05, 0) is 0 Å². The third-order valence-electron chi connectivity index (χ3n) is 1.55. The zero-order chi connectivity index (χ0) is 10.9. The lowest BCUT2D eigenvalue weighted by Gasteiger charge is -1.99. The summed E-state index contributed by atoms with van der Waals surface area (Å²) in [7, 11) is 0. The molecule has 0 bridgehead atoms. The van der Waals surface area contributed by atoms with E-state index in [1.54, 1.807) is 11.6 Å². The van der Waals surface area contributed by atoms with Crippen LogP contribution in [-0.2, 0) is 6.18 Å². The number of aromatic nitrogens is 3. The van der Waals surface area contributed by atoms with E-state index >= 15 is 0 Å². The standard InChI is InChI=1S/C7H5F3N4S/c8-7(9,10)4-3-5(14-13-4)12-6-11-1-2-15-6/h1-3H,(H2,11,12,13,14). The van der Waals surface area contributed by atoms with Crippen molar-refractivity contribution in [2.45, 2.75) is 6.18 Å². The van der Waals surface area contributed by atoms with Crippen LogP contribution in [0.5, 0.6) is 0 Å². The van der Waals surface area contributed by atoms with Crippen LogP contribution in [0.1, 0.15) is 5.69 Å². The third kappa shape index (κ3) is 2.27. The molecule has 0 saturated heterocycles. The van der Waals surface area contributed by atoms with Crippen LogP contribution < -0.4 is 5.32 Å². The number of hydrogen-bond donors (Lipinski definition) is 2. The van der Waals surface area contributed by atoms with Crippen LogP contribution >= 0.6 is 11.3 Å². The first kappa shape index (κ1) is 9.97. The molecule has 0 radical (unpaired) electrons. The summed E-state index contributed by atoms with van der Waals surface area (Å²) in [6.45, 7) is 0. The predicted octanol–water partition coefficient (Wildman–Crippen LogP) is 2.63. The summed E-state index contributed by atoms with van der Waals surface area (Å²) < 4.78 is 36.5. The number of anilines is 2. The fourth-order valence-corrected chi connectivity index (χ4v) is 1.46. The molecule has 80 valence electrons. The summed E-state index contributed by atoms with van der Waals surface area (Å²) >= 11 is 1.28. The Balaban J connectivity index is 2.15. The normalized spacial score (nSPS) is 11.7. The summed E-state index contributed by atoms with van der Waals surface area (Å²) in [5.41, 5.74) is -0.887. The molecule has 0 fully saturated rings. The van der Waals surface area contributed by atoms with E-state index in [1.165, 1.54) is 11.3 Å². The molecule has 2 N–H and O–H groups in total. The molecule has 0 aliphatic heterocycles. The molecule has 0 aromatic carbocycles. The van der Waals surface area contributed by atoms with Crippen LogP contribution in [0, 0.1) is 0 Å². The number of halogens is 3. The van der Waals surface area contributed by atoms with Crippen LogP contribution in [0.25, 0.3) is 0 Å². The average Bonchev–Trinajstić information content (AvgIpc) is 2.73. The second-order valence-electron chi connectivity index (χ2n) is 2.63. The SMILES string of the molecule is FC(F)(F)c1cc(Nc2nccs2)n[nH]1. The Morgan fingerprint density at radius 3 is 2.73 bits per heavy atom. The van der Waals surface area contributed by atoms with Crippen LogP contribution in [0.4, 0.5) is 24.1 Å². The Kier molecular flexibility index (Phi) is 2.35. The largest absolute Gasteiger partial charge is 0.432 e. The van der Waals surface area contributed by atoms with Crippen molar-refractivity contribution in [2.75, 3.05) is 5.32 Å². The second kappa shape index (κ2) is 3.54. The van der Waals surface area contributed by atoms with Crippen molar-refractivity contribution in [1.29, 1.82) is 0 Å². The molecular formula is C7H5F3N4S. The van der Waals surface area contributed by atoms with Gasteiger partial charge in [0.2, 0.25) is 0 Å². The number of thiazole rings is 1. The summed E-state index contributed by atoms with van der Waals surface area (Å²) in [6.07, 6.45) is -2.86. The molecule has 4 nitrogen and oxygen atoms in total. The minimum atomic E-state index is -4.41. The van der Waals surface area contributed by atoms with Gasteiger partial charge in [0, 0.05) is 17.6 Å². The van der Waals surface area contributed by atoms with E-state index in [9.17, 15) is 13.2 Å². The Bertz CT molecular complexity index is 433. The lowest BCUT2D eigenvalue weighted by Crippen LogP contribution is -2.04. The van der Waals surface area contributed by atoms with Crippen molar-refractivity contribution in [1.82, 2.24) is 15.2 Å². The van der Waals surface area contributed by atoms with Gasteiger partial charge >= 0.3 is 6.18 Å². The number of H-pyrrole nitrogens is 1. The lowest BCUT2D eigenvalue weighted by atomic mass is 10.4. The van der Waals surface area contributed by atoms with Crippen molar-refractivity contribution in [3.8, 4) is 0 Å². The van der Waals surface area contributed by atoms with Crippen molar-refractivity contribution in [3.63, 3.8) is 0 Å². The fourth-order valence-electron chi connectivity index (χ4n) is 0.926. The molecule has 0 spiro atoms. The van der Waals surface area contributed by atoms with Gasteiger partial charge in [-0.25, -0.2) is 4.98 Å². The van der Waals surface area contributed by atoms with Gasteiger partial charge in [0.1, 0.15) is 5.69 Å². The highest BCUT2D eigenvalue weighted by molar-refractivity contribution is 7.13. The maximum Gasteiger partial charge on any atom is 0.432 e. The van der Waals surface area contributed by atoms with Crippen LogP contribution in [0.2, 0.25) is 0 Å². The van der Waals surface area contributed by atoms with E-state index in [-0.39, 0.29) is 5.82 Å². The highest BCUT2D eigenvalue weighted by Crippen LogP contribution is 2.29. The molecule has 0 aliphatic rings. The molecule has 0 saturated carbocycles. The highest BCUT2D eigenvalue weighted by atomic mass is 32.1. The zero-order valence-corrected chi connectivity index (χ0v) is 7.99. The lowest BCUT2D eigenvalue weighted by molar-refractivity contribution is -0.141. The summed E-state index contributed by atoms with van der Waals surface area (Å²) in [4.78, 5) is 3.86. The molecule has 8 heteroatoms. The van der Waals surface area contributed by atoms with Gasteiger partial charge in [-0.3, -0.25) is 5.10 Å². The Labute approximate surface area is 86.2 Å². The molecule has 0 aliphatic carbocycles. The number of nitrogens with one attached hydrogen (secondary N) is 2. The molecule has 2 heterocycles. The molecule has 2 rings (SSSR count). The topological polar surface area (TPSA) is 53.6 Å². The molecule has 2 aromatic rings. The van der Waals surface area contributed by atoms with Crippen LogP contribution in [0.3, 0.4) is 0 Å². The number of aromatic amines is 1. The first-order chi connectivity index (χ1) is 7.05. The Morgan fingerprint density at radius 2 is 2.20 bits per heavy atom. The van der Waals surface area contributed by atoms with Crippen molar-refractivity contribution in [2.24, 2.45) is 0 Å². The number of nitrogens with zero attached hydrogens (tertiary/aromatic N) is 2. The smallest absolute Gasteiger partial charge is 0.315 e. The Hall–Kier alpha value is -1.57. The van der Waals surface area contributed by atoms with Gasteiger partial charge in [0.25, 0.3) is 0 Å². The minimum absolute atomic E-state index is 0.0947. The number of hydrogen-bond acceptors (Lipinski definition) is 4. The Morgan fingerprint density at radius 1 is 1.40 bits per heavy atom. The van der Waals surface area contributed by atoms with E-state index in [4.69, 9.17) is 0 Å². The summed E-state index contributed by atoms with van der Waals surface area (Å²) in [6, 6.07) is 0.890. The van der Waals surface area contributed by atoms with Gasteiger partial charge in [-0.1, -0.05) is 0 Å². The van der Waals surface area contributed by atoms with Gasteiger partial charge < -0.3 is 5.32 Å². The summed E-state index contributed by atoms with van der Waals surface area (Å²) in [5.74, 6) is 0.0947. The van der Waals surface area contributed by atoms with Crippen LogP contribution in [-0.4, -0.2) is 15.2 Å². The monoisotopic (exact) mass is 234 g/mol. The van der Waals surface area contributed by atoms with Gasteiger partial charge in [-0.2, -0.15) is 18.3 Å². The van der Waals surface area contributed by atoms with E-state index < -0.39 is 11.9 Å². The molecule has 15 heavy (non-hydrogen) atoms. The molecule has 0 atom stereocenters. The number of rotatable bonds is 2. The number of alkyl halides is 3. The minimum Gasteiger partial charge on any atom is -0.315 e. The van der Waals surface area contributed by atoms with Crippen molar-refractivity contribution in [3.05, 3.63) is 23.3 Å². The van der Waals surface area contributed by atoms with Gasteiger partial charge in [0.15, 0.2) is 10.9 Å². The van der Waals surface area contributed by atoms with Crippen molar-refractivity contribution < 1.29 is 13.2 Å². The van der Waals surface area contributed by atoms with Crippen LogP contribution in [0.15, 0.2) is 17.6 Å². The third-order valence-corrected chi connectivity index (χ3v) is 2.24. The zero-order valence-electron chi connectivity index (χ0n) is 7.17. The van der Waals surface area contributed by atoms with E-state index in [1.807, 2.05) is 5.10 Å². The van der Waals surface area contributed by atoms with E-state index in [2.05, 4.69) is 15.4 Å². The second-order valence-corrected chi connectivity index (χ2v) is 3.52. The van der Waals surface area contributed by atoms with E-state index in [0.717, 1.165) is 6.07 Å². The first-order valence-corrected chi connectivity index (χ1v) is 4.73.